The third-order valence-corrected chi connectivity index (χ3v) is 8.31. The molecule has 1 aliphatic heterocycles. The van der Waals surface area contributed by atoms with Gasteiger partial charge in [0.05, 0.1) is 12.8 Å². The molecule has 0 atom stereocenters. The Morgan fingerprint density at radius 2 is 1.54 bits per heavy atom. The van der Waals surface area contributed by atoms with E-state index >= 15 is 0 Å². The summed E-state index contributed by atoms with van der Waals surface area (Å²) in [4.78, 5) is 42.1. The number of nitrogens with zero attached hydrogens (tertiary/aromatic N) is 1. The molecule has 8 heteroatoms. The van der Waals surface area contributed by atoms with Crippen molar-refractivity contribution in [3.63, 3.8) is 0 Å². The number of hydrogen-bond acceptors (Lipinski definition) is 6. The summed E-state index contributed by atoms with van der Waals surface area (Å²) in [7, 11) is 1.59. The average Bonchev–Trinajstić information content (AvgIpc) is 3.56. The van der Waals surface area contributed by atoms with Crippen LogP contribution in [0.4, 0.5) is 17.1 Å². The molecular formula is C31H31N3O4S. The summed E-state index contributed by atoms with van der Waals surface area (Å²) in [5, 5.41) is 6.17. The molecule has 0 radical (unpaired) electrons. The maximum atomic E-state index is 13.7. The van der Waals surface area contributed by atoms with Crippen LogP contribution in [-0.4, -0.2) is 24.8 Å². The lowest BCUT2D eigenvalue weighted by molar-refractivity contribution is -0.121. The molecule has 3 aromatic rings. The second-order valence-corrected chi connectivity index (χ2v) is 11.0. The molecule has 3 amide bonds. The second kappa shape index (κ2) is 11.4. The number of amides is 3. The fraction of sp³-hybridized carbons (Fsp3) is 0.258. The Balaban J connectivity index is 1.41. The van der Waals surface area contributed by atoms with Crippen LogP contribution < -0.4 is 20.3 Å². The van der Waals surface area contributed by atoms with Crippen molar-refractivity contribution in [1.29, 1.82) is 0 Å². The van der Waals surface area contributed by atoms with E-state index in [0.29, 0.717) is 27.7 Å². The number of benzene rings is 3. The number of ether oxygens (including phenoxy) is 1. The van der Waals surface area contributed by atoms with Gasteiger partial charge in [-0.1, -0.05) is 30.7 Å². The van der Waals surface area contributed by atoms with Gasteiger partial charge < -0.3 is 15.4 Å². The lowest BCUT2D eigenvalue weighted by Gasteiger charge is -2.16. The van der Waals surface area contributed by atoms with Gasteiger partial charge in [0, 0.05) is 22.2 Å². The Kier molecular flexibility index (Phi) is 7.74. The van der Waals surface area contributed by atoms with Crippen LogP contribution in [0, 0.1) is 19.8 Å². The average molecular weight is 542 g/mol. The van der Waals surface area contributed by atoms with Gasteiger partial charge in [-0.25, -0.2) is 4.90 Å². The van der Waals surface area contributed by atoms with E-state index in [1.54, 1.807) is 37.4 Å². The molecule has 1 heterocycles. The highest BCUT2D eigenvalue weighted by molar-refractivity contribution is 8.04. The van der Waals surface area contributed by atoms with Crippen molar-refractivity contribution < 1.29 is 19.1 Å². The number of methoxy groups -OCH3 is 1. The molecule has 0 unspecified atom stereocenters. The van der Waals surface area contributed by atoms with Gasteiger partial charge in [0.25, 0.3) is 11.8 Å². The predicted molar refractivity (Wildman–Crippen MR) is 155 cm³/mol. The minimum atomic E-state index is -0.415. The normalized spacial score (nSPS) is 15.7. The zero-order valence-corrected chi connectivity index (χ0v) is 23.1. The molecule has 7 nitrogen and oxygen atoms in total. The zero-order valence-electron chi connectivity index (χ0n) is 22.2. The van der Waals surface area contributed by atoms with Crippen LogP contribution in [-0.2, 0) is 14.4 Å². The van der Waals surface area contributed by atoms with E-state index in [0.717, 1.165) is 41.7 Å². The van der Waals surface area contributed by atoms with E-state index in [2.05, 4.69) is 10.6 Å². The number of imide groups is 1. The number of carbonyl (C=O) groups is 3. The van der Waals surface area contributed by atoms with Gasteiger partial charge in [-0.05, 0) is 98.5 Å². The van der Waals surface area contributed by atoms with Gasteiger partial charge in [-0.3, -0.25) is 14.4 Å². The molecule has 0 bridgehead atoms. The predicted octanol–water partition coefficient (Wildman–Crippen LogP) is 6.43. The molecule has 0 aromatic heterocycles. The Morgan fingerprint density at radius 1 is 0.872 bits per heavy atom. The van der Waals surface area contributed by atoms with Crippen LogP contribution in [0.5, 0.6) is 5.75 Å². The minimum absolute atomic E-state index is 0.0576. The van der Waals surface area contributed by atoms with Crippen molar-refractivity contribution in [3.8, 4) is 5.75 Å². The molecular weight excluding hydrogens is 510 g/mol. The molecule has 2 aliphatic rings. The van der Waals surface area contributed by atoms with Crippen molar-refractivity contribution in [2.75, 3.05) is 22.6 Å². The van der Waals surface area contributed by atoms with Gasteiger partial charge in [0.1, 0.15) is 16.4 Å². The second-order valence-electron chi connectivity index (χ2n) is 9.87. The highest BCUT2D eigenvalue weighted by atomic mass is 32.2. The third-order valence-electron chi connectivity index (χ3n) is 7.22. The summed E-state index contributed by atoms with van der Waals surface area (Å²) in [6, 6.07) is 20.1. The van der Waals surface area contributed by atoms with Gasteiger partial charge >= 0.3 is 0 Å². The van der Waals surface area contributed by atoms with Crippen LogP contribution in [0.1, 0.15) is 36.8 Å². The van der Waals surface area contributed by atoms with E-state index in [1.807, 2.05) is 50.2 Å². The summed E-state index contributed by atoms with van der Waals surface area (Å²) >= 11 is 1.22. The smallest absolute Gasteiger partial charge is 0.283 e. The molecule has 3 aromatic carbocycles. The first kappa shape index (κ1) is 26.6. The summed E-state index contributed by atoms with van der Waals surface area (Å²) in [5.74, 6) is 0.0243. The van der Waals surface area contributed by atoms with Gasteiger partial charge in [-0.15, -0.1) is 0 Å². The van der Waals surface area contributed by atoms with Gasteiger partial charge in [0.2, 0.25) is 5.91 Å². The minimum Gasteiger partial charge on any atom is -0.497 e. The lowest BCUT2D eigenvalue weighted by atomic mass is 10.1. The van der Waals surface area contributed by atoms with Crippen LogP contribution in [0.3, 0.4) is 0 Å². The summed E-state index contributed by atoms with van der Waals surface area (Å²) < 4.78 is 5.24. The first-order chi connectivity index (χ1) is 18.8. The molecule has 5 rings (SSSR count). The SMILES string of the molecule is COc1ccc(NC2=C(Sc3ccc(NC(=O)C4CCCC4)cc3)C(=O)N(c3ccc(C)c(C)c3)C2=O)cc1. The number of carbonyl (C=O) groups excluding carboxylic acids is 3. The summed E-state index contributed by atoms with van der Waals surface area (Å²) in [6.07, 6.45) is 4.07. The Hall–Kier alpha value is -4.04. The monoisotopic (exact) mass is 541 g/mol. The van der Waals surface area contributed by atoms with Crippen LogP contribution in [0.15, 0.2) is 82.2 Å². The van der Waals surface area contributed by atoms with Crippen LogP contribution in [0.2, 0.25) is 0 Å². The largest absolute Gasteiger partial charge is 0.497 e. The number of hydrogen-bond donors (Lipinski definition) is 2. The number of rotatable bonds is 8. The standard InChI is InChI=1S/C31H31N3O4S/c1-19-8-13-24(18-20(19)2)34-30(36)27(32-22-9-14-25(38-3)15-10-22)28(31(34)37)39-26-16-11-23(12-17-26)33-29(35)21-6-4-5-7-21/h8-18,21,32H,4-7H2,1-3H3,(H,33,35). The maximum Gasteiger partial charge on any atom is 0.283 e. The maximum absolute atomic E-state index is 13.7. The van der Waals surface area contributed by atoms with Crippen LogP contribution in [0.25, 0.3) is 0 Å². The number of anilines is 3. The fourth-order valence-electron chi connectivity index (χ4n) is 4.79. The highest BCUT2D eigenvalue weighted by Gasteiger charge is 2.40. The van der Waals surface area contributed by atoms with Crippen molar-refractivity contribution in [2.24, 2.45) is 5.92 Å². The van der Waals surface area contributed by atoms with Gasteiger partial charge in [0.15, 0.2) is 0 Å². The lowest BCUT2D eigenvalue weighted by Crippen LogP contribution is -2.32. The number of thioether (sulfide) groups is 1. The molecule has 39 heavy (non-hydrogen) atoms. The fourth-order valence-corrected chi connectivity index (χ4v) is 5.72. The number of aryl methyl sites for hydroxylation is 2. The molecule has 0 saturated heterocycles. The molecule has 1 aliphatic carbocycles. The first-order valence-electron chi connectivity index (χ1n) is 13.0. The molecule has 0 spiro atoms. The van der Waals surface area contributed by atoms with Crippen LogP contribution >= 0.6 is 11.8 Å². The molecule has 1 saturated carbocycles. The Morgan fingerprint density at radius 3 is 2.18 bits per heavy atom. The van der Waals surface area contributed by atoms with Crippen molar-refractivity contribution >= 4 is 46.5 Å². The first-order valence-corrected chi connectivity index (χ1v) is 13.9. The molecule has 2 N–H and O–H groups in total. The molecule has 200 valence electrons. The topological polar surface area (TPSA) is 87.7 Å². The third kappa shape index (κ3) is 5.71. The highest BCUT2D eigenvalue weighted by Crippen LogP contribution is 2.39. The van der Waals surface area contributed by atoms with Crippen molar-refractivity contribution in [2.45, 2.75) is 44.4 Å². The zero-order chi connectivity index (χ0) is 27.5. The summed E-state index contributed by atoms with van der Waals surface area (Å²) in [6.45, 7) is 3.94. The quantitative estimate of drug-likeness (QED) is 0.320. The number of nitrogens with one attached hydrogen (secondary N) is 2. The van der Waals surface area contributed by atoms with E-state index in [-0.39, 0.29) is 23.4 Å². The van der Waals surface area contributed by atoms with E-state index < -0.39 is 5.91 Å². The van der Waals surface area contributed by atoms with E-state index in [1.165, 1.54) is 16.7 Å². The van der Waals surface area contributed by atoms with Gasteiger partial charge in [-0.2, -0.15) is 0 Å². The summed E-state index contributed by atoms with van der Waals surface area (Å²) in [5.41, 5.74) is 4.20. The van der Waals surface area contributed by atoms with Crippen molar-refractivity contribution in [3.05, 3.63) is 88.5 Å². The van der Waals surface area contributed by atoms with E-state index in [4.69, 9.17) is 4.74 Å². The Labute approximate surface area is 232 Å². The Bertz CT molecular complexity index is 1440. The van der Waals surface area contributed by atoms with Crippen molar-refractivity contribution in [1.82, 2.24) is 0 Å². The van der Waals surface area contributed by atoms with E-state index in [9.17, 15) is 14.4 Å². The molecule has 1 fully saturated rings.